The van der Waals surface area contributed by atoms with Gasteiger partial charge in [0.15, 0.2) is 0 Å². The molecule has 1 aromatic carbocycles. The van der Waals surface area contributed by atoms with Gasteiger partial charge in [0.25, 0.3) is 0 Å². The summed E-state index contributed by atoms with van der Waals surface area (Å²) in [5.41, 5.74) is 8.10. The average Bonchev–Trinajstić information content (AvgIpc) is 2.53. The van der Waals surface area contributed by atoms with Crippen LogP contribution in [0.25, 0.3) is 11.0 Å². The Morgan fingerprint density at radius 2 is 2.12 bits per heavy atom. The Kier molecular flexibility index (Phi) is 3.17. The van der Waals surface area contributed by atoms with Crippen molar-refractivity contribution >= 4 is 32.9 Å². The molecule has 0 aliphatic carbocycles. The van der Waals surface area contributed by atoms with Crippen molar-refractivity contribution in [3.05, 3.63) is 22.7 Å². The van der Waals surface area contributed by atoms with Gasteiger partial charge in [-0.1, -0.05) is 29.3 Å². The van der Waals surface area contributed by atoms with Crippen LogP contribution in [0.2, 0.25) is 0 Å². The molecule has 1 aromatic heterocycles. The van der Waals surface area contributed by atoms with Crippen molar-refractivity contribution in [2.24, 2.45) is 0 Å². The van der Waals surface area contributed by atoms with Gasteiger partial charge in [0.1, 0.15) is 0 Å². The number of fused-ring (bicyclic) bond motifs is 1. The fourth-order valence-corrected chi connectivity index (χ4v) is 2.78. The van der Waals surface area contributed by atoms with Crippen LogP contribution in [0.4, 0.5) is 5.95 Å². The van der Waals surface area contributed by atoms with E-state index in [-0.39, 0.29) is 5.54 Å². The van der Waals surface area contributed by atoms with E-state index in [9.17, 15) is 0 Å². The van der Waals surface area contributed by atoms with Crippen molar-refractivity contribution in [1.82, 2.24) is 9.55 Å². The van der Waals surface area contributed by atoms with E-state index in [4.69, 9.17) is 5.73 Å². The fraction of sp³-hybridized carbons (Fsp3) is 0.462. The maximum Gasteiger partial charge on any atom is 0.201 e. The molecule has 1 heterocycles. The third-order valence-corrected chi connectivity index (χ3v) is 3.60. The van der Waals surface area contributed by atoms with E-state index >= 15 is 0 Å². The molecule has 0 bridgehead atoms. The third kappa shape index (κ3) is 2.18. The van der Waals surface area contributed by atoms with Crippen molar-refractivity contribution in [3.8, 4) is 0 Å². The van der Waals surface area contributed by atoms with Crippen molar-refractivity contribution in [3.63, 3.8) is 0 Å². The average molecular weight is 296 g/mol. The van der Waals surface area contributed by atoms with E-state index in [1.807, 2.05) is 12.1 Å². The Morgan fingerprint density at radius 1 is 1.41 bits per heavy atom. The first kappa shape index (κ1) is 12.4. The molecular formula is C13H18BrN3. The number of benzene rings is 1. The Bertz CT molecular complexity index is 543. The number of hydrogen-bond acceptors (Lipinski definition) is 2. The van der Waals surface area contributed by atoms with Gasteiger partial charge in [-0.15, -0.1) is 0 Å². The summed E-state index contributed by atoms with van der Waals surface area (Å²) in [6.45, 7) is 6.59. The molecule has 4 heteroatoms. The minimum absolute atomic E-state index is 0.00558. The Morgan fingerprint density at radius 3 is 2.76 bits per heavy atom. The van der Waals surface area contributed by atoms with Crippen LogP contribution in [0.1, 0.15) is 33.6 Å². The summed E-state index contributed by atoms with van der Waals surface area (Å²) in [6, 6.07) is 6.07. The van der Waals surface area contributed by atoms with Gasteiger partial charge in [0.05, 0.1) is 11.0 Å². The molecule has 0 fully saturated rings. The molecule has 0 aliphatic heterocycles. The highest BCUT2D eigenvalue weighted by Gasteiger charge is 2.24. The number of nitrogens with two attached hydrogens (primary N) is 1. The van der Waals surface area contributed by atoms with Crippen LogP contribution in [-0.2, 0) is 5.54 Å². The first-order valence-corrected chi connectivity index (χ1v) is 6.69. The Balaban J connectivity index is 2.67. The second-order valence-electron chi connectivity index (χ2n) is 5.00. The zero-order chi connectivity index (χ0) is 12.6. The van der Waals surface area contributed by atoms with E-state index in [2.05, 4.69) is 52.3 Å². The number of imidazole rings is 1. The van der Waals surface area contributed by atoms with Gasteiger partial charge < -0.3 is 10.3 Å². The summed E-state index contributed by atoms with van der Waals surface area (Å²) in [6.07, 6.45) is 2.20. The maximum absolute atomic E-state index is 6.06. The second kappa shape index (κ2) is 4.33. The monoisotopic (exact) mass is 295 g/mol. The molecule has 0 aliphatic rings. The number of aromatic nitrogens is 2. The molecule has 2 N–H and O–H groups in total. The number of halogens is 1. The summed E-state index contributed by atoms with van der Waals surface area (Å²) in [4.78, 5) is 4.42. The standard InChI is InChI=1S/C13H18BrN3/c1-4-7-13(2,3)17-11-8-9(14)5-6-10(11)16-12(17)15/h5-6,8H,4,7H2,1-3H3,(H2,15,16). The number of nitrogen functional groups attached to an aromatic ring is 1. The van der Waals surface area contributed by atoms with E-state index in [1.165, 1.54) is 0 Å². The van der Waals surface area contributed by atoms with Gasteiger partial charge in [-0.05, 0) is 38.5 Å². The van der Waals surface area contributed by atoms with Crippen LogP contribution in [0, 0.1) is 0 Å². The normalized spacial score (nSPS) is 12.2. The van der Waals surface area contributed by atoms with Crippen molar-refractivity contribution in [2.75, 3.05) is 5.73 Å². The molecule has 2 aromatic rings. The smallest absolute Gasteiger partial charge is 0.201 e. The van der Waals surface area contributed by atoms with Gasteiger partial charge in [-0.25, -0.2) is 4.98 Å². The van der Waals surface area contributed by atoms with Crippen LogP contribution >= 0.6 is 15.9 Å². The minimum atomic E-state index is -0.00558. The van der Waals surface area contributed by atoms with Gasteiger partial charge in [0.2, 0.25) is 5.95 Å². The lowest BCUT2D eigenvalue weighted by Crippen LogP contribution is -2.27. The SMILES string of the molecule is CCCC(C)(C)n1c(N)nc2ccc(Br)cc21. The first-order chi connectivity index (χ1) is 7.95. The number of anilines is 1. The molecule has 0 atom stereocenters. The minimum Gasteiger partial charge on any atom is -0.369 e. The molecule has 0 radical (unpaired) electrons. The van der Waals surface area contributed by atoms with Crippen molar-refractivity contribution in [1.29, 1.82) is 0 Å². The largest absolute Gasteiger partial charge is 0.369 e. The van der Waals surface area contributed by atoms with Crippen LogP contribution in [0.15, 0.2) is 22.7 Å². The van der Waals surface area contributed by atoms with Gasteiger partial charge in [0, 0.05) is 10.0 Å². The zero-order valence-electron chi connectivity index (χ0n) is 10.5. The third-order valence-electron chi connectivity index (χ3n) is 3.11. The van der Waals surface area contributed by atoms with E-state index in [0.717, 1.165) is 28.3 Å². The van der Waals surface area contributed by atoms with Crippen LogP contribution in [-0.4, -0.2) is 9.55 Å². The van der Waals surface area contributed by atoms with Crippen molar-refractivity contribution in [2.45, 2.75) is 39.2 Å². The predicted molar refractivity (Wildman–Crippen MR) is 76.1 cm³/mol. The van der Waals surface area contributed by atoms with Crippen LogP contribution in [0.3, 0.4) is 0 Å². The fourth-order valence-electron chi connectivity index (χ4n) is 2.43. The molecule has 0 saturated carbocycles. The van der Waals surface area contributed by atoms with E-state index in [1.54, 1.807) is 0 Å². The molecular weight excluding hydrogens is 278 g/mol. The molecule has 0 spiro atoms. The first-order valence-electron chi connectivity index (χ1n) is 5.89. The summed E-state index contributed by atoms with van der Waals surface area (Å²) in [7, 11) is 0. The quantitative estimate of drug-likeness (QED) is 0.933. The molecule has 0 saturated heterocycles. The molecule has 2 rings (SSSR count). The predicted octanol–water partition coefficient (Wildman–Crippen LogP) is 3.92. The second-order valence-corrected chi connectivity index (χ2v) is 5.92. The number of nitrogens with zero attached hydrogens (tertiary/aromatic N) is 2. The van der Waals surface area contributed by atoms with Gasteiger partial charge in [-0.3, -0.25) is 0 Å². The number of rotatable bonds is 3. The highest BCUT2D eigenvalue weighted by molar-refractivity contribution is 9.10. The highest BCUT2D eigenvalue weighted by Crippen LogP contribution is 2.31. The van der Waals surface area contributed by atoms with Gasteiger partial charge >= 0.3 is 0 Å². The van der Waals surface area contributed by atoms with Crippen LogP contribution < -0.4 is 5.73 Å². The summed E-state index contributed by atoms with van der Waals surface area (Å²) >= 11 is 3.50. The van der Waals surface area contributed by atoms with E-state index in [0.29, 0.717) is 5.95 Å². The van der Waals surface area contributed by atoms with E-state index < -0.39 is 0 Å². The van der Waals surface area contributed by atoms with Gasteiger partial charge in [-0.2, -0.15) is 0 Å². The summed E-state index contributed by atoms with van der Waals surface area (Å²) in [5, 5.41) is 0. The van der Waals surface area contributed by atoms with Crippen LogP contribution in [0.5, 0.6) is 0 Å². The Hall–Kier alpha value is -1.03. The highest BCUT2D eigenvalue weighted by atomic mass is 79.9. The molecule has 0 amide bonds. The molecule has 0 unspecified atom stereocenters. The summed E-state index contributed by atoms with van der Waals surface area (Å²) in [5.74, 6) is 0.594. The summed E-state index contributed by atoms with van der Waals surface area (Å²) < 4.78 is 3.19. The maximum atomic E-state index is 6.06. The topological polar surface area (TPSA) is 43.8 Å². The van der Waals surface area contributed by atoms with Crippen molar-refractivity contribution < 1.29 is 0 Å². The lowest BCUT2D eigenvalue weighted by Gasteiger charge is -2.28. The zero-order valence-corrected chi connectivity index (χ0v) is 12.1. The lowest BCUT2D eigenvalue weighted by atomic mass is 9.98. The molecule has 3 nitrogen and oxygen atoms in total. The lowest BCUT2D eigenvalue weighted by molar-refractivity contribution is 0.338. The molecule has 17 heavy (non-hydrogen) atoms. The number of hydrogen-bond donors (Lipinski definition) is 1. The Labute approximate surface area is 110 Å². The molecule has 92 valence electrons.